The van der Waals surface area contributed by atoms with Crippen molar-refractivity contribution in [3.63, 3.8) is 0 Å². The van der Waals surface area contributed by atoms with Gasteiger partial charge in [0.2, 0.25) is 0 Å². The Morgan fingerprint density at radius 3 is 1.84 bits per heavy atom. The van der Waals surface area contributed by atoms with Gasteiger partial charge >= 0.3 is 6.09 Å². The molecule has 5 heteroatoms. The zero-order chi connectivity index (χ0) is 21.8. The van der Waals surface area contributed by atoms with E-state index in [2.05, 4.69) is 53.5 Å². The third-order valence-electron chi connectivity index (χ3n) is 6.23. The van der Waals surface area contributed by atoms with E-state index in [0.29, 0.717) is 6.61 Å². The zero-order valence-corrected chi connectivity index (χ0v) is 18.0. The minimum atomic E-state index is -0.338. The summed E-state index contributed by atoms with van der Waals surface area (Å²) in [6, 6.07) is 30.9. The number of hydrazine groups is 1. The molecule has 0 bridgehead atoms. The highest BCUT2D eigenvalue weighted by Gasteiger charge is 2.50. The summed E-state index contributed by atoms with van der Waals surface area (Å²) < 4.78 is 12.1. The molecule has 0 aliphatic carbocycles. The van der Waals surface area contributed by atoms with Crippen LogP contribution in [0.1, 0.15) is 35.6 Å². The van der Waals surface area contributed by atoms with Crippen LogP contribution in [0.4, 0.5) is 4.79 Å². The van der Waals surface area contributed by atoms with Gasteiger partial charge in [-0.15, -0.1) is 0 Å². The second kappa shape index (κ2) is 9.55. The van der Waals surface area contributed by atoms with Gasteiger partial charge < -0.3 is 9.47 Å². The van der Waals surface area contributed by atoms with Crippen molar-refractivity contribution < 1.29 is 14.3 Å². The summed E-state index contributed by atoms with van der Waals surface area (Å²) in [5.74, 6) is 0. The van der Waals surface area contributed by atoms with E-state index in [9.17, 15) is 4.79 Å². The number of rotatable bonds is 7. The van der Waals surface area contributed by atoms with Crippen molar-refractivity contribution >= 4 is 6.09 Å². The van der Waals surface area contributed by atoms with Crippen LogP contribution in [-0.4, -0.2) is 35.2 Å². The summed E-state index contributed by atoms with van der Waals surface area (Å²) in [5.41, 5.74) is 3.63. The average Bonchev–Trinajstić information content (AvgIpc) is 3.23. The van der Waals surface area contributed by atoms with Gasteiger partial charge in [0.1, 0.15) is 12.8 Å². The van der Waals surface area contributed by atoms with Crippen molar-refractivity contribution in [1.82, 2.24) is 10.0 Å². The molecule has 3 aromatic carbocycles. The highest BCUT2D eigenvalue weighted by atomic mass is 16.6. The summed E-state index contributed by atoms with van der Waals surface area (Å²) >= 11 is 0. The second-order valence-electron chi connectivity index (χ2n) is 8.32. The van der Waals surface area contributed by atoms with E-state index in [1.165, 1.54) is 11.1 Å². The van der Waals surface area contributed by atoms with Gasteiger partial charge in [0.05, 0.1) is 6.04 Å². The van der Waals surface area contributed by atoms with Crippen LogP contribution in [0.15, 0.2) is 91.0 Å². The summed E-state index contributed by atoms with van der Waals surface area (Å²) in [5, 5.41) is 3.85. The molecule has 164 valence electrons. The van der Waals surface area contributed by atoms with Crippen LogP contribution in [0.25, 0.3) is 0 Å². The molecule has 0 radical (unpaired) electrons. The fraction of sp³-hybridized carbons (Fsp3) is 0.296. The number of hydrogen-bond donors (Lipinski definition) is 0. The molecule has 0 N–H and O–H groups in total. The fourth-order valence-corrected chi connectivity index (χ4v) is 4.63. The predicted octanol–water partition coefficient (Wildman–Crippen LogP) is 5.34. The van der Waals surface area contributed by atoms with Gasteiger partial charge in [-0.3, -0.25) is 0 Å². The first-order valence-electron chi connectivity index (χ1n) is 11.3. The summed E-state index contributed by atoms with van der Waals surface area (Å²) in [7, 11) is 0. The minimum Gasteiger partial charge on any atom is -0.446 e. The van der Waals surface area contributed by atoms with Crippen molar-refractivity contribution in [2.24, 2.45) is 0 Å². The first kappa shape index (κ1) is 20.7. The number of benzene rings is 3. The fourth-order valence-electron chi connectivity index (χ4n) is 4.63. The number of carbonyl (C=O) groups excluding carboxylic acids is 1. The molecule has 0 aromatic heterocycles. The molecule has 5 rings (SSSR count). The number of aryl methyl sites for hydroxylation is 2. The number of nitrogens with zero attached hydrogens (tertiary/aromatic N) is 2. The minimum absolute atomic E-state index is 0.0589. The average molecular weight is 429 g/mol. The van der Waals surface area contributed by atoms with Gasteiger partial charge in [0.25, 0.3) is 0 Å². The molecule has 3 aromatic rings. The van der Waals surface area contributed by atoms with E-state index >= 15 is 0 Å². The van der Waals surface area contributed by atoms with E-state index in [-0.39, 0.29) is 24.6 Å². The van der Waals surface area contributed by atoms with Crippen molar-refractivity contribution in [1.29, 1.82) is 0 Å². The smallest absolute Gasteiger partial charge is 0.427 e. The molecular weight excluding hydrogens is 400 g/mol. The zero-order valence-electron chi connectivity index (χ0n) is 18.0. The maximum atomic E-state index is 12.9. The molecule has 1 amide bonds. The van der Waals surface area contributed by atoms with Crippen LogP contribution in [0, 0.1) is 0 Å². The Morgan fingerprint density at radius 2 is 1.25 bits per heavy atom. The molecule has 0 saturated carbocycles. The van der Waals surface area contributed by atoms with Crippen LogP contribution < -0.4 is 0 Å². The first-order chi connectivity index (χ1) is 15.8. The lowest BCUT2D eigenvalue weighted by Gasteiger charge is -2.41. The predicted molar refractivity (Wildman–Crippen MR) is 122 cm³/mol. The van der Waals surface area contributed by atoms with Crippen molar-refractivity contribution in [3.05, 3.63) is 108 Å². The molecular formula is C27H28N2O3. The molecule has 5 nitrogen and oxygen atoms in total. The molecule has 2 saturated heterocycles. The van der Waals surface area contributed by atoms with Gasteiger partial charge in [-0.25, -0.2) is 9.80 Å². The Morgan fingerprint density at radius 1 is 0.719 bits per heavy atom. The van der Waals surface area contributed by atoms with Gasteiger partial charge in [0.15, 0.2) is 6.23 Å². The van der Waals surface area contributed by atoms with E-state index in [1.54, 1.807) is 5.01 Å². The van der Waals surface area contributed by atoms with Gasteiger partial charge in [-0.05, 0) is 42.4 Å². The van der Waals surface area contributed by atoms with Crippen LogP contribution in [0.2, 0.25) is 0 Å². The quantitative estimate of drug-likeness (QED) is 0.509. The molecule has 2 heterocycles. The molecule has 3 atom stereocenters. The highest BCUT2D eigenvalue weighted by Crippen LogP contribution is 2.39. The first-order valence-corrected chi connectivity index (χ1v) is 11.3. The largest absolute Gasteiger partial charge is 0.446 e. The van der Waals surface area contributed by atoms with Crippen LogP contribution >= 0.6 is 0 Å². The number of hydrogen-bond acceptors (Lipinski definition) is 4. The van der Waals surface area contributed by atoms with Crippen LogP contribution in [-0.2, 0) is 22.3 Å². The van der Waals surface area contributed by atoms with Gasteiger partial charge in [0, 0.05) is 0 Å². The molecule has 2 fully saturated rings. The van der Waals surface area contributed by atoms with E-state index in [1.807, 2.05) is 42.5 Å². The topological polar surface area (TPSA) is 42.0 Å². The Kier molecular flexibility index (Phi) is 6.19. The van der Waals surface area contributed by atoms with Crippen LogP contribution in [0.3, 0.4) is 0 Å². The highest BCUT2D eigenvalue weighted by molar-refractivity contribution is 5.68. The third kappa shape index (κ3) is 4.40. The van der Waals surface area contributed by atoms with Crippen molar-refractivity contribution in [3.8, 4) is 0 Å². The van der Waals surface area contributed by atoms with E-state index in [4.69, 9.17) is 9.47 Å². The summed E-state index contributed by atoms with van der Waals surface area (Å²) in [6.07, 6.45) is 2.40. The van der Waals surface area contributed by atoms with Crippen molar-refractivity contribution in [2.45, 2.75) is 44.2 Å². The normalized spacial score (nSPS) is 23.1. The number of fused-ring (bicyclic) bond motifs is 1. The van der Waals surface area contributed by atoms with E-state index in [0.717, 1.165) is 31.2 Å². The third-order valence-corrected chi connectivity index (χ3v) is 6.23. The monoisotopic (exact) mass is 428 g/mol. The maximum Gasteiger partial charge on any atom is 0.427 e. The van der Waals surface area contributed by atoms with Crippen LogP contribution in [0.5, 0.6) is 0 Å². The molecule has 2 aliphatic heterocycles. The summed E-state index contributed by atoms with van der Waals surface area (Å²) in [4.78, 5) is 12.9. The lowest BCUT2D eigenvalue weighted by atomic mass is 10.0. The van der Waals surface area contributed by atoms with Gasteiger partial charge in [-0.2, -0.15) is 5.01 Å². The molecule has 32 heavy (non-hydrogen) atoms. The molecule has 0 spiro atoms. The number of ether oxygens (including phenoxy) is 2. The number of cyclic esters (lactones) is 1. The standard InChI is InChI=1S/C27H28N2O3/c30-27-29-26(19-17-22-12-6-2-7-13-22)32-25(18-16-21-10-4-1-5-11-21)28(29)24(20-31-27)23-14-8-3-9-15-23/h1-15,24-26H,16-20H2/t24-,25?,26?/m0/s1. The molecule has 2 unspecified atom stereocenters. The number of carbonyl (C=O) groups is 1. The number of amides is 1. The Hall–Kier alpha value is -3.15. The summed E-state index contributed by atoms with van der Waals surface area (Å²) in [6.45, 7) is 0.329. The Balaban J connectivity index is 1.39. The van der Waals surface area contributed by atoms with E-state index < -0.39 is 0 Å². The molecule has 2 aliphatic rings. The maximum absolute atomic E-state index is 12.9. The van der Waals surface area contributed by atoms with Gasteiger partial charge in [-0.1, -0.05) is 91.0 Å². The lowest BCUT2D eigenvalue weighted by molar-refractivity contribution is -0.111. The Labute approximate surface area is 189 Å². The van der Waals surface area contributed by atoms with Crippen molar-refractivity contribution in [2.75, 3.05) is 6.61 Å². The second-order valence-corrected chi connectivity index (χ2v) is 8.32. The Bertz CT molecular complexity index is 1010. The SMILES string of the molecule is O=C1OC[C@@H](c2ccccc2)N2C(CCc3ccccc3)OC(CCc3ccccc3)N12. The lowest BCUT2D eigenvalue weighted by Crippen LogP contribution is -2.54.